The molecule has 0 radical (unpaired) electrons. The Labute approximate surface area is 268 Å². The van der Waals surface area contributed by atoms with E-state index in [1.807, 2.05) is 0 Å². The summed E-state index contributed by atoms with van der Waals surface area (Å²) in [6, 6.07) is 3.25. The molecular formula is C26H22ClF9N6O4S. The first-order valence-electron chi connectivity index (χ1n) is 13.0. The first kappa shape index (κ1) is 37.5. The van der Waals surface area contributed by atoms with Crippen LogP contribution in [0.4, 0.5) is 51.1 Å². The third-order valence-corrected chi connectivity index (χ3v) is 7.25. The molecule has 0 saturated carbocycles. The van der Waals surface area contributed by atoms with Gasteiger partial charge in [-0.15, -0.1) is 11.8 Å². The first-order valence-corrected chi connectivity index (χ1v) is 14.6. The van der Waals surface area contributed by atoms with Crippen molar-refractivity contribution in [2.75, 3.05) is 31.3 Å². The number of alkyl halides is 9. The predicted molar refractivity (Wildman–Crippen MR) is 148 cm³/mol. The summed E-state index contributed by atoms with van der Waals surface area (Å²) >= 11 is 5.89. The number of carboxylic acids is 1. The van der Waals surface area contributed by atoms with Crippen molar-refractivity contribution in [2.24, 2.45) is 5.92 Å². The molecule has 0 atom stereocenters. The molecule has 1 amide bonds. The Kier molecular flexibility index (Phi) is 12.2. The molecule has 256 valence electrons. The number of nitrogens with one attached hydrogen (secondary N) is 2. The molecule has 1 aliphatic heterocycles. The minimum absolute atomic E-state index is 0.0877. The quantitative estimate of drug-likeness (QED) is 0.133. The summed E-state index contributed by atoms with van der Waals surface area (Å²) in [5.74, 6) is -3.24. The normalized spacial score (nSPS) is 14.2. The summed E-state index contributed by atoms with van der Waals surface area (Å²) in [4.78, 5) is 35.6. The molecule has 0 unspecified atom stereocenters. The van der Waals surface area contributed by atoms with Gasteiger partial charge in [0, 0.05) is 37.0 Å². The molecule has 3 N–H and O–H groups in total. The van der Waals surface area contributed by atoms with Crippen molar-refractivity contribution in [3.8, 4) is 0 Å². The summed E-state index contributed by atoms with van der Waals surface area (Å²) in [7, 11) is 0. The molecule has 47 heavy (non-hydrogen) atoms. The Morgan fingerprint density at radius 2 is 1.53 bits per heavy atom. The molecule has 0 spiro atoms. The number of benzene rings is 1. The van der Waals surface area contributed by atoms with Gasteiger partial charge < -0.3 is 20.5 Å². The average molecular weight is 721 g/mol. The molecule has 10 nitrogen and oxygen atoms in total. The molecule has 21 heteroatoms. The predicted octanol–water partition coefficient (Wildman–Crippen LogP) is 6.98. The van der Waals surface area contributed by atoms with Crippen LogP contribution in [0.3, 0.4) is 0 Å². The molecule has 1 aromatic carbocycles. The van der Waals surface area contributed by atoms with E-state index in [1.165, 1.54) is 12.3 Å². The summed E-state index contributed by atoms with van der Waals surface area (Å²) < 4.78 is 122. The van der Waals surface area contributed by atoms with E-state index in [4.69, 9.17) is 21.4 Å². The zero-order valence-electron chi connectivity index (χ0n) is 23.6. The van der Waals surface area contributed by atoms with E-state index in [0.717, 1.165) is 23.9 Å². The smallest absolute Gasteiger partial charge is 0.434 e. The van der Waals surface area contributed by atoms with Crippen molar-refractivity contribution in [3.05, 3.63) is 64.0 Å². The fourth-order valence-corrected chi connectivity index (χ4v) is 4.92. The lowest BCUT2D eigenvalue weighted by molar-refractivity contribution is -0.142. The van der Waals surface area contributed by atoms with Crippen LogP contribution in [-0.4, -0.2) is 62.9 Å². The number of rotatable bonds is 7. The first-order chi connectivity index (χ1) is 21.8. The van der Waals surface area contributed by atoms with Gasteiger partial charge >= 0.3 is 24.5 Å². The van der Waals surface area contributed by atoms with Crippen LogP contribution in [0, 0.1) is 5.92 Å². The van der Waals surface area contributed by atoms with Gasteiger partial charge in [0.1, 0.15) is 5.56 Å². The zero-order chi connectivity index (χ0) is 35.2. The van der Waals surface area contributed by atoms with Crippen molar-refractivity contribution < 1.29 is 58.9 Å². The van der Waals surface area contributed by atoms with Gasteiger partial charge in [-0.05, 0) is 48.7 Å². The number of hydrogen-bond donors (Lipinski definition) is 3. The van der Waals surface area contributed by atoms with Crippen LogP contribution in [0.5, 0.6) is 0 Å². The minimum Gasteiger partial charge on any atom is -0.478 e. The number of anilines is 2. The van der Waals surface area contributed by atoms with Crippen LogP contribution in [0.1, 0.15) is 50.5 Å². The lowest BCUT2D eigenvalue weighted by Gasteiger charge is -2.22. The van der Waals surface area contributed by atoms with Crippen molar-refractivity contribution in [3.63, 3.8) is 0 Å². The lowest BCUT2D eigenvalue weighted by atomic mass is 10.0. The number of carbonyl (C=O) groups is 2. The molecule has 4 rings (SSSR count). The second kappa shape index (κ2) is 15.3. The van der Waals surface area contributed by atoms with Crippen LogP contribution in [0.25, 0.3) is 0 Å². The number of halogens is 10. The molecule has 0 bridgehead atoms. The number of thioether (sulfide) groups is 1. The third kappa shape index (κ3) is 10.3. The van der Waals surface area contributed by atoms with E-state index in [1.54, 1.807) is 0 Å². The number of carbonyl (C=O) groups excluding carboxylic acids is 1. The van der Waals surface area contributed by atoms with Gasteiger partial charge in [-0.2, -0.15) is 39.5 Å². The minimum atomic E-state index is -4.99. The van der Waals surface area contributed by atoms with E-state index in [-0.39, 0.29) is 23.0 Å². The van der Waals surface area contributed by atoms with Gasteiger partial charge in [0.15, 0.2) is 11.4 Å². The number of nitrogens with zero attached hydrogens (tertiary/aromatic N) is 4. The zero-order valence-corrected chi connectivity index (χ0v) is 25.2. The van der Waals surface area contributed by atoms with Crippen LogP contribution in [0.2, 0.25) is 5.28 Å². The van der Waals surface area contributed by atoms with Gasteiger partial charge in [-0.25, -0.2) is 24.7 Å². The van der Waals surface area contributed by atoms with Gasteiger partial charge in [-0.3, -0.25) is 4.79 Å². The average Bonchev–Trinajstić information content (AvgIpc) is 2.99. The van der Waals surface area contributed by atoms with Crippen molar-refractivity contribution in [1.29, 1.82) is 0 Å². The highest BCUT2D eigenvalue weighted by Crippen LogP contribution is 2.41. The maximum Gasteiger partial charge on any atom is 0.434 e. The lowest BCUT2D eigenvalue weighted by Crippen LogP contribution is -2.33. The van der Waals surface area contributed by atoms with E-state index >= 15 is 0 Å². The standard InChI is InChI=1S/C20H20F6N4O2S.C6H2ClF3N2O2/c1-33-15-13(19(21,22)23)3-2-4-14(15)29-18-28-10-12(16(30-18)20(24,25)26)17(31)27-9-11-5-7-32-8-6-11;7-5-11-1-2(4(13)14)3(12-5)6(8,9)10/h2-4,10-11H,5-9H2,1H3,(H,27,31)(H,28,29,30);1H,(H,13,14). The van der Waals surface area contributed by atoms with Crippen molar-refractivity contribution in [1.82, 2.24) is 25.3 Å². The van der Waals surface area contributed by atoms with Crippen LogP contribution in [0.15, 0.2) is 35.5 Å². The number of aromatic carboxylic acids is 1. The highest BCUT2D eigenvalue weighted by Gasteiger charge is 2.39. The Balaban J connectivity index is 0.000000358. The Morgan fingerprint density at radius 1 is 0.936 bits per heavy atom. The summed E-state index contributed by atoms with van der Waals surface area (Å²) in [5, 5.41) is 12.6. The molecular weight excluding hydrogens is 699 g/mol. The Morgan fingerprint density at radius 3 is 2.09 bits per heavy atom. The Hall–Kier alpha value is -3.91. The molecule has 2 aromatic heterocycles. The maximum atomic E-state index is 13.6. The summed E-state index contributed by atoms with van der Waals surface area (Å²) in [6.45, 7) is 1.22. The number of carboxylic acid groups (broad SMARTS) is 1. The molecule has 3 aromatic rings. The largest absolute Gasteiger partial charge is 0.478 e. The third-order valence-electron chi connectivity index (χ3n) is 6.22. The number of amides is 1. The van der Waals surface area contributed by atoms with Gasteiger partial charge in [-0.1, -0.05) is 6.07 Å². The van der Waals surface area contributed by atoms with Crippen molar-refractivity contribution in [2.45, 2.75) is 36.3 Å². The Bertz CT molecular complexity index is 1590. The van der Waals surface area contributed by atoms with Gasteiger partial charge in [0.25, 0.3) is 5.91 Å². The van der Waals surface area contributed by atoms with E-state index in [0.29, 0.717) is 38.4 Å². The molecule has 3 heterocycles. The maximum absolute atomic E-state index is 13.6. The van der Waals surface area contributed by atoms with Crippen LogP contribution < -0.4 is 10.6 Å². The van der Waals surface area contributed by atoms with Crippen molar-refractivity contribution >= 4 is 46.9 Å². The summed E-state index contributed by atoms with van der Waals surface area (Å²) in [6.07, 6.45) is -10.5. The number of ether oxygens (including phenoxy) is 1. The van der Waals surface area contributed by atoms with E-state index < -0.39 is 69.7 Å². The monoisotopic (exact) mass is 720 g/mol. The SMILES string of the molecule is CSc1c(Nc2ncc(C(=O)NCC3CCOCC3)c(C(F)(F)F)n2)cccc1C(F)(F)F.O=C(O)c1cnc(Cl)nc1C(F)(F)F. The highest BCUT2D eigenvalue weighted by atomic mass is 35.5. The van der Waals surface area contributed by atoms with Gasteiger partial charge in [0.2, 0.25) is 11.2 Å². The molecule has 1 aliphatic rings. The second-order valence-corrected chi connectivity index (χ2v) is 10.6. The second-order valence-electron chi connectivity index (χ2n) is 9.43. The fraction of sp³-hybridized carbons (Fsp3) is 0.385. The van der Waals surface area contributed by atoms with Crippen LogP contribution >= 0.6 is 23.4 Å². The van der Waals surface area contributed by atoms with Gasteiger partial charge in [0.05, 0.1) is 16.8 Å². The number of hydrogen-bond acceptors (Lipinski definition) is 9. The fourth-order valence-electron chi connectivity index (χ4n) is 4.04. The molecule has 1 saturated heterocycles. The molecule has 0 aliphatic carbocycles. The van der Waals surface area contributed by atoms with E-state index in [9.17, 15) is 49.1 Å². The topological polar surface area (TPSA) is 139 Å². The number of aromatic nitrogens is 4. The highest BCUT2D eigenvalue weighted by molar-refractivity contribution is 7.98. The summed E-state index contributed by atoms with van der Waals surface area (Å²) in [5.41, 5.74) is -5.88. The van der Waals surface area contributed by atoms with Crippen LogP contribution in [-0.2, 0) is 23.3 Å². The van der Waals surface area contributed by atoms with E-state index in [2.05, 4.69) is 30.6 Å². The molecule has 1 fully saturated rings.